The Bertz CT molecular complexity index is 1320. The molecular weight excluding hydrogens is 452 g/mol. The molecule has 0 aliphatic rings. The maximum absolute atomic E-state index is 12.4. The number of benzene rings is 2. The minimum absolute atomic E-state index is 0.0172. The van der Waals surface area contributed by atoms with Crippen molar-refractivity contribution in [3.8, 4) is 0 Å². The summed E-state index contributed by atoms with van der Waals surface area (Å²) >= 11 is 0. The summed E-state index contributed by atoms with van der Waals surface area (Å²) in [6, 6.07) is 12.2. The van der Waals surface area contributed by atoms with Crippen LogP contribution in [0.3, 0.4) is 0 Å². The molecule has 1 atom stereocenters. The fraction of sp³-hybridized carbons (Fsp3) is 0.227. The molecule has 0 saturated heterocycles. The Labute approximate surface area is 189 Å². The van der Waals surface area contributed by atoms with Crippen LogP contribution in [0, 0.1) is 0 Å². The molecule has 1 aromatic heterocycles. The summed E-state index contributed by atoms with van der Waals surface area (Å²) in [5.74, 6) is -0.823. The number of anilines is 1. The SMILES string of the molecule is CCOC(=O)Nc1ccc2c(COC(=O)C(C)NS(=O)(=O)c3ccccc3)cc(=O)oc2c1. The third-order valence-electron chi connectivity index (χ3n) is 4.46. The molecule has 0 saturated carbocycles. The number of carbonyl (C=O) groups is 2. The summed E-state index contributed by atoms with van der Waals surface area (Å²) in [5, 5.41) is 2.98. The first kappa shape index (κ1) is 24.0. The molecule has 2 aromatic carbocycles. The summed E-state index contributed by atoms with van der Waals surface area (Å²) < 4.78 is 42.2. The van der Waals surface area contributed by atoms with Gasteiger partial charge in [0.15, 0.2) is 0 Å². The van der Waals surface area contributed by atoms with Gasteiger partial charge in [-0.05, 0) is 38.1 Å². The largest absolute Gasteiger partial charge is 0.460 e. The lowest BCUT2D eigenvalue weighted by Gasteiger charge is -2.14. The number of amides is 1. The summed E-state index contributed by atoms with van der Waals surface area (Å²) in [7, 11) is -3.91. The van der Waals surface area contributed by atoms with Crippen LogP contribution in [0.5, 0.6) is 0 Å². The molecule has 0 fully saturated rings. The molecule has 0 aliphatic carbocycles. The van der Waals surface area contributed by atoms with Crippen molar-refractivity contribution in [1.82, 2.24) is 4.72 Å². The van der Waals surface area contributed by atoms with Crippen LogP contribution in [0.2, 0.25) is 0 Å². The molecule has 1 amide bonds. The van der Waals surface area contributed by atoms with Gasteiger partial charge in [-0.3, -0.25) is 10.1 Å². The molecule has 0 radical (unpaired) electrons. The number of ether oxygens (including phenoxy) is 2. The Balaban J connectivity index is 1.71. The Kier molecular flexibility index (Phi) is 7.46. The van der Waals surface area contributed by atoms with E-state index < -0.39 is 33.8 Å². The zero-order chi connectivity index (χ0) is 24.0. The summed E-state index contributed by atoms with van der Waals surface area (Å²) in [5.41, 5.74) is 0.193. The first-order chi connectivity index (χ1) is 15.7. The van der Waals surface area contributed by atoms with Gasteiger partial charge >= 0.3 is 17.7 Å². The summed E-state index contributed by atoms with van der Waals surface area (Å²) in [6.45, 7) is 2.93. The first-order valence-corrected chi connectivity index (χ1v) is 11.4. The summed E-state index contributed by atoms with van der Waals surface area (Å²) in [4.78, 5) is 35.9. The molecule has 1 heterocycles. The van der Waals surface area contributed by atoms with Crippen molar-refractivity contribution in [1.29, 1.82) is 0 Å². The molecule has 0 aliphatic heterocycles. The number of hydrogen-bond donors (Lipinski definition) is 2. The van der Waals surface area contributed by atoms with E-state index in [0.717, 1.165) is 0 Å². The van der Waals surface area contributed by atoms with E-state index in [9.17, 15) is 22.8 Å². The van der Waals surface area contributed by atoms with Crippen LogP contribution in [0.4, 0.5) is 10.5 Å². The first-order valence-electron chi connectivity index (χ1n) is 9.94. The topological polar surface area (TPSA) is 141 Å². The van der Waals surface area contributed by atoms with Gasteiger partial charge in [0.25, 0.3) is 0 Å². The van der Waals surface area contributed by atoms with Crippen LogP contribution in [0.15, 0.2) is 68.7 Å². The lowest BCUT2D eigenvalue weighted by molar-refractivity contribution is -0.146. The predicted molar refractivity (Wildman–Crippen MR) is 119 cm³/mol. The molecule has 1 unspecified atom stereocenters. The van der Waals surface area contributed by atoms with Gasteiger partial charge in [-0.15, -0.1) is 0 Å². The van der Waals surface area contributed by atoms with E-state index in [-0.39, 0.29) is 23.7 Å². The fourth-order valence-electron chi connectivity index (χ4n) is 2.93. The van der Waals surface area contributed by atoms with E-state index in [4.69, 9.17) is 13.9 Å². The molecule has 10 nitrogen and oxygen atoms in total. The average molecular weight is 474 g/mol. The number of nitrogens with one attached hydrogen (secondary N) is 2. The Hall–Kier alpha value is -3.70. The Morgan fingerprint density at radius 2 is 1.79 bits per heavy atom. The summed E-state index contributed by atoms with van der Waals surface area (Å²) in [6.07, 6.45) is -0.656. The van der Waals surface area contributed by atoms with Crippen molar-refractivity contribution in [2.45, 2.75) is 31.4 Å². The van der Waals surface area contributed by atoms with Crippen LogP contribution >= 0.6 is 0 Å². The standard InChI is InChI=1S/C22H22N2O8S/c1-3-30-22(27)23-16-9-10-18-15(11-20(25)32-19(18)12-16)13-31-21(26)14(2)24-33(28,29)17-7-5-4-6-8-17/h4-12,14,24H,3,13H2,1-2H3,(H,23,27). The minimum atomic E-state index is -3.91. The Morgan fingerprint density at radius 3 is 2.48 bits per heavy atom. The van der Waals surface area contributed by atoms with Crippen molar-refractivity contribution in [3.05, 3.63) is 70.6 Å². The van der Waals surface area contributed by atoms with Gasteiger partial charge in [0.1, 0.15) is 18.2 Å². The van der Waals surface area contributed by atoms with Crippen molar-refractivity contribution >= 4 is 38.7 Å². The minimum Gasteiger partial charge on any atom is -0.460 e. The van der Waals surface area contributed by atoms with Gasteiger partial charge in [0.05, 0.1) is 11.5 Å². The molecule has 3 rings (SSSR count). The van der Waals surface area contributed by atoms with E-state index in [1.54, 1.807) is 37.3 Å². The van der Waals surface area contributed by atoms with Crippen LogP contribution in [-0.4, -0.2) is 33.1 Å². The highest BCUT2D eigenvalue weighted by molar-refractivity contribution is 7.89. The van der Waals surface area contributed by atoms with Crippen LogP contribution in [0.25, 0.3) is 11.0 Å². The van der Waals surface area contributed by atoms with Gasteiger partial charge in [-0.1, -0.05) is 18.2 Å². The molecule has 174 valence electrons. The number of hydrogen-bond acceptors (Lipinski definition) is 8. The van der Waals surface area contributed by atoms with Crippen molar-refractivity contribution in [2.24, 2.45) is 0 Å². The van der Waals surface area contributed by atoms with Gasteiger partial charge in [0, 0.05) is 28.8 Å². The van der Waals surface area contributed by atoms with Crippen LogP contribution in [0.1, 0.15) is 19.4 Å². The molecule has 11 heteroatoms. The monoisotopic (exact) mass is 474 g/mol. The lowest BCUT2D eigenvalue weighted by atomic mass is 10.1. The van der Waals surface area contributed by atoms with Gasteiger partial charge in [-0.2, -0.15) is 4.72 Å². The van der Waals surface area contributed by atoms with Gasteiger partial charge in [-0.25, -0.2) is 18.0 Å². The molecule has 0 spiro atoms. The quantitative estimate of drug-likeness (QED) is 0.375. The van der Waals surface area contributed by atoms with E-state index >= 15 is 0 Å². The second-order valence-corrected chi connectivity index (χ2v) is 8.62. The third-order valence-corrected chi connectivity index (χ3v) is 6.02. The maximum atomic E-state index is 12.4. The highest BCUT2D eigenvalue weighted by atomic mass is 32.2. The van der Waals surface area contributed by atoms with E-state index in [0.29, 0.717) is 16.6 Å². The van der Waals surface area contributed by atoms with E-state index in [1.165, 1.54) is 31.2 Å². The van der Waals surface area contributed by atoms with E-state index in [1.807, 2.05) is 0 Å². The van der Waals surface area contributed by atoms with Crippen molar-refractivity contribution in [2.75, 3.05) is 11.9 Å². The Morgan fingerprint density at radius 1 is 1.06 bits per heavy atom. The zero-order valence-electron chi connectivity index (χ0n) is 17.9. The molecular formula is C22H22N2O8S. The predicted octanol–water partition coefficient (Wildman–Crippen LogP) is 2.77. The van der Waals surface area contributed by atoms with Gasteiger partial charge in [0.2, 0.25) is 10.0 Å². The van der Waals surface area contributed by atoms with Crippen LogP contribution in [-0.2, 0) is 30.9 Å². The average Bonchev–Trinajstić information content (AvgIpc) is 2.77. The normalized spacial score (nSPS) is 12.2. The molecule has 2 N–H and O–H groups in total. The highest BCUT2D eigenvalue weighted by Gasteiger charge is 2.23. The second kappa shape index (κ2) is 10.3. The van der Waals surface area contributed by atoms with Crippen molar-refractivity contribution < 1.29 is 31.9 Å². The number of sulfonamides is 1. The van der Waals surface area contributed by atoms with Crippen LogP contribution < -0.4 is 15.7 Å². The maximum Gasteiger partial charge on any atom is 0.411 e. The van der Waals surface area contributed by atoms with Crippen molar-refractivity contribution in [3.63, 3.8) is 0 Å². The zero-order valence-corrected chi connectivity index (χ0v) is 18.7. The molecule has 0 bridgehead atoms. The number of fused-ring (bicyclic) bond motifs is 1. The highest BCUT2D eigenvalue weighted by Crippen LogP contribution is 2.22. The molecule has 3 aromatic rings. The second-order valence-electron chi connectivity index (χ2n) is 6.91. The van der Waals surface area contributed by atoms with E-state index in [2.05, 4.69) is 10.0 Å². The fourth-order valence-corrected chi connectivity index (χ4v) is 4.15. The number of rotatable bonds is 8. The number of carbonyl (C=O) groups excluding carboxylic acids is 2. The number of esters is 1. The smallest absolute Gasteiger partial charge is 0.411 e. The van der Waals surface area contributed by atoms with Gasteiger partial charge < -0.3 is 13.9 Å². The molecule has 33 heavy (non-hydrogen) atoms. The lowest BCUT2D eigenvalue weighted by Crippen LogP contribution is -2.39. The third kappa shape index (κ3) is 6.18.